The zero-order chi connectivity index (χ0) is 19.6. The van der Waals surface area contributed by atoms with Gasteiger partial charge in [0.1, 0.15) is 0 Å². The summed E-state index contributed by atoms with van der Waals surface area (Å²) in [5, 5.41) is 23.2. The van der Waals surface area contributed by atoms with Crippen LogP contribution in [0.3, 0.4) is 0 Å². The second kappa shape index (κ2) is 18.2. The molecule has 0 radical (unpaired) electrons. The molecule has 0 aliphatic heterocycles. The quantitative estimate of drug-likeness (QED) is 0.298. The zero-order valence-electron chi connectivity index (χ0n) is 18.2. The van der Waals surface area contributed by atoms with Gasteiger partial charge in [-0.15, -0.1) is 0 Å². The Morgan fingerprint density at radius 1 is 0.885 bits per heavy atom. The van der Waals surface area contributed by atoms with Crippen LogP contribution < -0.4 is 5.32 Å². The number of nitrogens with one attached hydrogen (secondary N) is 1. The van der Waals surface area contributed by atoms with Gasteiger partial charge in [0.25, 0.3) is 0 Å². The van der Waals surface area contributed by atoms with E-state index < -0.39 is 0 Å². The van der Waals surface area contributed by atoms with Crippen molar-refractivity contribution in [1.29, 1.82) is 0 Å². The van der Waals surface area contributed by atoms with Crippen molar-refractivity contribution in [1.82, 2.24) is 10.2 Å². The lowest BCUT2D eigenvalue weighted by molar-refractivity contribution is 0.0741. The third kappa shape index (κ3) is 16.0. The summed E-state index contributed by atoms with van der Waals surface area (Å²) in [6.45, 7) is 9.79. The van der Waals surface area contributed by atoms with Crippen molar-refractivity contribution in [3.63, 3.8) is 0 Å². The number of hydrogen-bond acceptors (Lipinski definition) is 4. The third-order valence-corrected chi connectivity index (χ3v) is 5.41. The maximum Gasteiger partial charge on any atom is 0.0692 e. The average Bonchev–Trinajstić information content (AvgIpc) is 2.63. The standard InChI is InChI=1S/C22H48N2O2/c1-5-7-8-9-10-11-12-13-15-20(3)22(26)19-24(4)17-14-16-23-18-21(25)6-2/h20-23,25-26H,5-19H2,1-4H3. The molecule has 26 heavy (non-hydrogen) atoms. The van der Waals surface area contributed by atoms with Crippen LogP contribution in [0.2, 0.25) is 0 Å². The van der Waals surface area contributed by atoms with Crippen molar-refractivity contribution < 1.29 is 10.2 Å². The highest BCUT2D eigenvalue weighted by atomic mass is 16.3. The molecule has 3 unspecified atom stereocenters. The first-order valence-corrected chi connectivity index (χ1v) is 11.3. The summed E-state index contributed by atoms with van der Waals surface area (Å²) in [5.41, 5.74) is 0. The molecule has 3 atom stereocenters. The Labute approximate surface area is 163 Å². The predicted molar refractivity (Wildman–Crippen MR) is 114 cm³/mol. The molecule has 4 heteroatoms. The largest absolute Gasteiger partial charge is 0.392 e. The smallest absolute Gasteiger partial charge is 0.0692 e. The zero-order valence-corrected chi connectivity index (χ0v) is 18.2. The molecule has 0 amide bonds. The monoisotopic (exact) mass is 372 g/mol. The molecule has 0 bridgehead atoms. The lowest BCUT2D eigenvalue weighted by Gasteiger charge is -2.25. The van der Waals surface area contributed by atoms with Gasteiger partial charge >= 0.3 is 0 Å². The molecule has 0 aliphatic rings. The molecule has 0 aromatic rings. The van der Waals surface area contributed by atoms with Crippen molar-refractivity contribution >= 4 is 0 Å². The molecule has 0 saturated heterocycles. The number of aliphatic hydroxyl groups excluding tert-OH is 2. The van der Waals surface area contributed by atoms with Crippen LogP contribution >= 0.6 is 0 Å². The number of unbranched alkanes of at least 4 members (excludes halogenated alkanes) is 7. The molecule has 0 aliphatic carbocycles. The highest BCUT2D eigenvalue weighted by Crippen LogP contribution is 2.16. The molecule has 0 saturated carbocycles. The minimum atomic E-state index is -0.230. The highest BCUT2D eigenvalue weighted by Gasteiger charge is 2.15. The fourth-order valence-corrected chi connectivity index (χ4v) is 3.27. The Kier molecular flexibility index (Phi) is 18.1. The number of rotatable bonds is 19. The van der Waals surface area contributed by atoms with Crippen molar-refractivity contribution in [3.8, 4) is 0 Å². The molecule has 158 valence electrons. The molecule has 0 fully saturated rings. The Hall–Kier alpha value is -0.160. The molecular formula is C22H48N2O2. The molecule has 3 N–H and O–H groups in total. The summed E-state index contributed by atoms with van der Waals surface area (Å²) in [6.07, 6.45) is 13.3. The number of likely N-dealkylation sites (N-methyl/N-ethyl adjacent to an activating group) is 1. The van der Waals surface area contributed by atoms with Crippen LogP contribution in [0.15, 0.2) is 0 Å². The minimum absolute atomic E-state index is 0.223. The maximum absolute atomic E-state index is 10.4. The molecule has 4 nitrogen and oxygen atoms in total. The maximum atomic E-state index is 10.4. The van der Waals surface area contributed by atoms with Gasteiger partial charge in [-0.1, -0.05) is 72.1 Å². The topological polar surface area (TPSA) is 55.7 Å². The molecular weight excluding hydrogens is 324 g/mol. The van der Waals surface area contributed by atoms with Crippen molar-refractivity contribution in [3.05, 3.63) is 0 Å². The SMILES string of the molecule is CCCCCCCCCCC(C)C(O)CN(C)CCCNCC(O)CC. The van der Waals surface area contributed by atoms with E-state index in [1.54, 1.807) is 0 Å². The molecule has 0 rings (SSSR count). The van der Waals surface area contributed by atoms with Crippen LogP contribution in [0.25, 0.3) is 0 Å². The van der Waals surface area contributed by atoms with E-state index in [2.05, 4.69) is 31.1 Å². The van der Waals surface area contributed by atoms with Crippen molar-refractivity contribution in [2.45, 2.75) is 104 Å². The summed E-state index contributed by atoms with van der Waals surface area (Å²) >= 11 is 0. The highest BCUT2D eigenvalue weighted by molar-refractivity contribution is 4.69. The Morgan fingerprint density at radius 3 is 2.12 bits per heavy atom. The van der Waals surface area contributed by atoms with Gasteiger partial charge in [0.05, 0.1) is 12.2 Å². The Morgan fingerprint density at radius 2 is 1.50 bits per heavy atom. The van der Waals surface area contributed by atoms with E-state index in [-0.39, 0.29) is 12.2 Å². The lowest BCUT2D eigenvalue weighted by atomic mass is 9.96. The van der Waals surface area contributed by atoms with Crippen LogP contribution in [0.5, 0.6) is 0 Å². The number of nitrogens with zero attached hydrogens (tertiary/aromatic N) is 1. The van der Waals surface area contributed by atoms with Crippen LogP contribution in [0.4, 0.5) is 0 Å². The van der Waals surface area contributed by atoms with Crippen LogP contribution in [0.1, 0.15) is 91.4 Å². The van der Waals surface area contributed by atoms with Crippen molar-refractivity contribution in [2.24, 2.45) is 5.92 Å². The second-order valence-electron chi connectivity index (χ2n) is 8.19. The average molecular weight is 373 g/mol. The van der Waals surface area contributed by atoms with E-state index in [9.17, 15) is 10.2 Å². The summed E-state index contributed by atoms with van der Waals surface area (Å²) < 4.78 is 0. The summed E-state index contributed by atoms with van der Waals surface area (Å²) in [4.78, 5) is 2.23. The number of aliphatic hydroxyl groups is 2. The van der Waals surface area contributed by atoms with Gasteiger partial charge in [-0.05, 0) is 45.3 Å². The first-order valence-electron chi connectivity index (χ1n) is 11.3. The normalized spacial score (nSPS) is 15.3. The van der Waals surface area contributed by atoms with Crippen molar-refractivity contribution in [2.75, 3.05) is 33.2 Å². The number of hydrogen-bond donors (Lipinski definition) is 3. The van der Waals surface area contributed by atoms with Gasteiger partial charge in [0.2, 0.25) is 0 Å². The summed E-state index contributed by atoms with van der Waals surface area (Å²) in [6, 6.07) is 0. The van der Waals surface area contributed by atoms with Gasteiger partial charge in [0, 0.05) is 13.1 Å². The van der Waals surface area contributed by atoms with Crippen LogP contribution in [-0.2, 0) is 0 Å². The van der Waals surface area contributed by atoms with E-state index in [1.165, 1.54) is 51.4 Å². The van der Waals surface area contributed by atoms with Crippen LogP contribution in [0, 0.1) is 5.92 Å². The van der Waals surface area contributed by atoms with E-state index in [4.69, 9.17) is 0 Å². The van der Waals surface area contributed by atoms with Crippen LogP contribution in [-0.4, -0.2) is 60.5 Å². The fourth-order valence-electron chi connectivity index (χ4n) is 3.27. The molecule has 0 aromatic heterocycles. The Balaban J connectivity index is 3.56. The summed E-state index contributed by atoms with van der Waals surface area (Å²) in [5.74, 6) is 0.385. The van der Waals surface area contributed by atoms with Gasteiger partial charge in [-0.3, -0.25) is 0 Å². The first-order chi connectivity index (χ1) is 12.5. The van der Waals surface area contributed by atoms with E-state index in [0.717, 1.165) is 38.9 Å². The second-order valence-corrected chi connectivity index (χ2v) is 8.19. The van der Waals surface area contributed by atoms with Gasteiger partial charge < -0.3 is 20.4 Å². The first kappa shape index (κ1) is 25.8. The predicted octanol–water partition coefficient (Wildman–Crippen LogP) is 4.20. The van der Waals surface area contributed by atoms with E-state index in [0.29, 0.717) is 12.5 Å². The van der Waals surface area contributed by atoms with Gasteiger partial charge in [0.15, 0.2) is 0 Å². The Bertz CT molecular complexity index is 289. The fraction of sp³-hybridized carbons (Fsp3) is 1.00. The lowest BCUT2D eigenvalue weighted by Crippen LogP contribution is -2.35. The molecule has 0 spiro atoms. The minimum Gasteiger partial charge on any atom is -0.392 e. The van der Waals surface area contributed by atoms with E-state index in [1.807, 2.05) is 6.92 Å². The molecule has 0 heterocycles. The van der Waals surface area contributed by atoms with E-state index >= 15 is 0 Å². The molecule has 0 aromatic carbocycles. The summed E-state index contributed by atoms with van der Waals surface area (Å²) in [7, 11) is 2.09. The van der Waals surface area contributed by atoms with Gasteiger partial charge in [-0.2, -0.15) is 0 Å². The van der Waals surface area contributed by atoms with Gasteiger partial charge in [-0.25, -0.2) is 0 Å². The third-order valence-electron chi connectivity index (χ3n) is 5.41.